The van der Waals surface area contributed by atoms with Gasteiger partial charge in [0.2, 0.25) is 10.0 Å². The van der Waals surface area contributed by atoms with Crippen LogP contribution in [0.4, 0.5) is 4.79 Å². The monoisotopic (exact) mass is 499 g/mol. The van der Waals surface area contributed by atoms with Gasteiger partial charge in [-0.25, -0.2) is 13.2 Å². The molecule has 1 amide bonds. The molecule has 3 aliphatic heterocycles. The molecule has 1 aromatic carbocycles. The zero-order chi connectivity index (χ0) is 23.4. The second-order valence-corrected chi connectivity index (χ2v) is 11.4. The molecule has 0 spiro atoms. The zero-order valence-electron chi connectivity index (χ0n) is 19.2. The van der Waals surface area contributed by atoms with Crippen LogP contribution in [0, 0.1) is 0 Å². The number of piperidine rings is 2. The molecule has 0 N–H and O–H groups in total. The van der Waals surface area contributed by atoms with Gasteiger partial charge < -0.3 is 14.4 Å². The van der Waals surface area contributed by atoms with E-state index in [1.807, 2.05) is 6.92 Å². The third-order valence-corrected chi connectivity index (χ3v) is 9.36. The van der Waals surface area contributed by atoms with E-state index in [-0.39, 0.29) is 29.7 Å². The zero-order valence-corrected chi connectivity index (χ0v) is 20.8. The molecule has 1 aromatic rings. The van der Waals surface area contributed by atoms with Gasteiger partial charge in [-0.05, 0) is 56.9 Å². The van der Waals surface area contributed by atoms with Crippen molar-refractivity contribution < 1.29 is 22.7 Å². The number of morpholine rings is 1. The number of ether oxygens (including phenoxy) is 2. The first-order valence-electron chi connectivity index (χ1n) is 11.9. The fourth-order valence-electron chi connectivity index (χ4n) is 5.20. The minimum atomic E-state index is -3.72. The molecule has 0 aliphatic carbocycles. The fraction of sp³-hybridized carbons (Fsp3) is 0.696. The Balaban J connectivity index is 1.34. The third-order valence-electron chi connectivity index (χ3n) is 7.03. The van der Waals surface area contributed by atoms with Gasteiger partial charge in [0.05, 0.1) is 24.2 Å². The normalized spacial score (nSPS) is 26.3. The predicted molar refractivity (Wildman–Crippen MR) is 126 cm³/mol. The number of hydrogen-bond acceptors (Lipinski definition) is 6. The van der Waals surface area contributed by atoms with Crippen molar-refractivity contribution in [3.05, 3.63) is 29.3 Å². The highest BCUT2D eigenvalue weighted by Gasteiger charge is 2.39. The van der Waals surface area contributed by atoms with Gasteiger partial charge in [-0.1, -0.05) is 18.0 Å². The van der Waals surface area contributed by atoms with Gasteiger partial charge in [-0.2, -0.15) is 4.31 Å². The Bertz CT molecular complexity index is 899. The summed E-state index contributed by atoms with van der Waals surface area (Å²) in [4.78, 5) is 17.2. The number of amides is 1. The van der Waals surface area contributed by atoms with Crippen LogP contribution in [0.1, 0.15) is 39.0 Å². The topological polar surface area (TPSA) is 79.4 Å². The number of likely N-dealkylation sites (tertiary alicyclic amines) is 1. The molecule has 3 heterocycles. The molecule has 33 heavy (non-hydrogen) atoms. The first-order valence-corrected chi connectivity index (χ1v) is 13.7. The van der Waals surface area contributed by atoms with E-state index < -0.39 is 10.0 Å². The van der Waals surface area contributed by atoms with E-state index in [2.05, 4.69) is 4.90 Å². The summed E-state index contributed by atoms with van der Waals surface area (Å²) < 4.78 is 39.4. The molecule has 184 valence electrons. The summed E-state index contributed by atoms with van der Waals surface area (Å²) >= 11 is 5.94. The average Bonchev–Trinajstić information content (AvgIpc) is 2.83. The van der Waals surface area contributed by atoms with Crippen LogP contribution < -0.4 is 0 Å². The first kappa shape index (κ1) is 24.7. The molecule has 2 atom stereocenters. The lowest BCUT2D eigenvalue weighted by atomic mass is 10.0. The van der Waals surface area contributed by atoms with Crippen LogP contribution >= 0.6 is 11.6 Å². The van der Waals surface area contributed by atoms with E-state index >= 15 is 0 Å². The van der Waals surface area contributed by atoms with Gasteiger partial charge in [0, 0.05) is 43.3 Å². The molecular formula is C23H34ClN3O5S. The molecule has 3 fully saturated rings. The Hall–Kier alpha value is -1.39. The van der Waals surface area contributed by atoms with Crippen molar-refractivity contribution in [2.24, 2.45) is 0 Å². The average molecular weight is 500 g/mol. The lowest BCUT2D eigenvalue weighted by Crippen LogP contribution is -2.52. The summed E-state index contributed by atoms with van der Waals surface area (Å²) in [6.45, 7) is 6.76. The van der Waals surface area contributed by atoms with Crippen LogP contribution in [-0.4, -0.2) is 92.7 Å². The van der Waals surface area contributed by atoms with E-state index in [1.54, 1.807) is 17.0 Å². The number of benzene rings is 1. The van der Waals surface area contributed by atoms with Crippen LogP contribution in [0.3, 0.4) is 0 Å². The van der Waals surface area contributed by atoms with E-state index in [1.165, 1.54) is 16.4 Å². The predicted octanol–water partition coefficient (Wildman–Crippen LogP) is 3.20. The molecule has 4 rings (SSSR count). The molecule has 0 saturated carbocycles. The maximum absolute atomic E-state index is 13.4. The first-order chi connectivity index (χ1) is 15.9. The van der Waals surface area contributed by atoms with Crippen molar-refractivity contribution >= 4 is 27.7 Å². The molecule has 0 bridgehead atoms. The SMILES string of the molecule is C[C@@H]1CCC[C@H](COC(=O)N2CCC(N3CCOCC3)CC2)N1S(=O)(=O)c1ccc(Cl)cc1. The highest BCUT2D eigenvalue weighted by atomic mass is 35.5. The van der Waals surface area contributed by atoms with Crippen LogP contribution in [0.15, 0.2) is 29.2 Å². The van der Waals surface area contributed by atoms with Crippen molar-refractivity contribution in [1.82, 2.24) is 14.1 Å². The lowest BCUT2D eigenvalue weighted by Gasteiger charge is -2.41. The van der Waals surface area contributed by atoms with Crippen molar-refractivity contribution in [3.63, 3.8) is 0 Å². The molecule has 3 aliphatic rings. The number of carbonyl (C=O) groups excluding carboxylic acids is 1. The van der Waals surface area contributed by atoms with Crippen LogP contribution in [0.2, 0.25) is 5.02 Å². The highest BCUT2D eigenvalue weighted by molar-refractivity contribution is 7.89. The van der Waals surface area contributed by atoms with E-state index in [0.29, 0.717) is 30.6 Å². The fourth-order valence-corrected chi connectivity index (χ4v) is 7.18. The summed E-state index contributed by atoms with van der Waals surface area (Å²) in [6, 6.07) is 6.17. The summed E-state index contributed by atoms with van der Waals surface area (Å²) in [5.41, 5.74) is 0. The summed E-state index contributed by atoms with van der Waals surface area (Å²) in [7, 11) is -3.72. The minimum Gasteiger partial charge on any atom is -0.448 e. The number of carbonyl (C=O) groups is 1. The standard InChI is InChI=1S/C23H34ClN3O5S/c1-18-3-2-4-21(27(18)33(29,30)22-7-5-19(24)6-8-22)17-32-23(28)26-11-9-20(10-12-26)25-13-15-31-16-14-25/h5-8,18,20-21H,2-4,9-17H2,1H3/t18-,21-/m1/s1. The number of halogens is 1. The number of rotatable bonds is 5. The van der Waals surface area contributed by atoms with E-state index in [9.17, 15) is 13.2 Å². The Labute approximate surface area is 201 Å². The van der Waals surface area contributed by atoms with Gasteiger partial charge >= 0.3 is 6.09 Å². The molecule has 3 saturated heterocycles. The maximum Gasteiger partial charge on any atom is 0.409 e. The Morgan fingerprint density at radius 1 is 1.06 bits per heavy atom. The van der Waals surface area contributed by atoms with Gasteiger partial charge in [0.1, 0.15) is 6.61 Å². The lowest BCUT2D eigenvalue weighted by molar-refractivity contribution is -0.00119. The number of sulfonamides is 1. The van der Waals surface area contributed by atoms with Gasteiger partial charge in [-0.15, -0.1) is 0 Å². The summed E-state index contributed by atoms with van der Waals surface area (Å²) in [5, 5.41) is 0.489. The van der Waals surface area contributed by atoms with Crippen LogP contribution in [-0.2, 0) is 19.5 Å². The van der Waals surface area contributed by atoms with Gasteiger partial charge in [0.25, 0.3) is 0 Å². The largest absolute Gasteiger partial charge is 0.448 e. The molecule has 0 aromatic heterocycles. The van der Waals surface area contributed by atoms with Gasteiger partial charge in [-0.3, -0.25) is 4.90 Å². The molecule has 0 unspecified atom stereocenters. The number of hydrogen-bond donors (Lipinski definition) is 0. The molecule has 8 nitrogen and oxygen atoms in total. The van der Waals surface area contributed by atoms with Crippen molar-refractivity contribution in [2.75, 3.05) is 46.0 Å². The smallest absolute Gasteiger partial charge is 0.409 e. The second-order valence-electron chi connectivity index (χ2n) is 9.17. The molecule has 0 radical (unpaired) electrons. The quantitative estimate of drug-likeness (QED) is 0.619. The van der Waals surface area contributed by atoms with Crippen LogP contribution in [0.5, 0.6) is 0 Å². The van der Waals surface area contributed by atoms with Gasteiger partial charge in [0.15, 0.2) is 0 Å². The maximum atomic E-state index is 13.4. The van der Waals surface area contributed by atoms with E-state index in [4.69, 9.17) is 21.1 Å². The number of nitrogens with zero attached hydrogens (tertiary/aromatic N) is 3. The van der Waals surface area contributed by atoms with Crippen molar-refractivity contribution in [1.29, 1.82) is 0 Å². The molecular weight excluding hydrogens is 466 g/mol. The Morgan fingerprint density at radius 2 is 1.73 bits per heavy atom. The summed E-state index contributed by atoms with van der Waals surface area (Å²) in [5.74, 6) is 0. The van der Waals surface area contributed by atoms with Crippen LogP contribution in [0.25, 0.3) is 0 Å². The third kappa shape index (κ3) is 5.82. The Kier molecular flexibility index (Phi) is 8.17. The van der Waals surface area contributed by atoms with Crippen molar-refractivity contribution in [3.8, 4) is 0 Å². The molecule has 10 heteroatoms. The Morgan fingerprint density at radius 3 is 2.39 bits per heavy atom. The summed E-state index contributed by atoms with van der Waals surface area (Å²) in [6.07, 6.45) is 3.85. The second kappa shape index (κ2) is 10.9. The highest BCUT2D eigenvalue weighted by Crippen LogP contribution is 2.30. The van der Waals surface area contributed by atoms with E-state index in [0.717, 1.165) is 52.0 Å². The van der Waals surface area contributed by atoms with Crippen molar-refractivity contribution in [2.45, 2.75) is 62.0 Å². The minimum absolute atomic E-state index is 0.0688.